The minimum absolute atomic E-state index is 0.733. The highest BCUT2D eigenvalue weighted by atomic mass is 32.1. The van der Waals surface area contributed by atoms with Gasteiger partial charge in [-0.2, -0.15) is 0 Å². The summed E-state index contributed by atoms with van der Waals surface area (Å²) < 4.78 is 0. The van der Waals surface area contributed by atoms with E-state index in [1.807, 2.05) is 12.2 Å². The molecule has 1 rings (SSSR count). The summed E-state index contributed by atoms with van der Waals surface area (Å²) in [5.41, 5.74) is 1.16. The average Bonchev–Trinajstić information content (AvgIpc) is 2.37. The highest BCUT2D eigenvalue weighted by Crippen LogP contribution is 2.06. The highest BCUT2D eigenvalue weighted by Gasteiger charge is 2.01. The fraction of sp³-hybridized carbons (Fsp3) is 0.556. The summed E-state index contributed by atoms with van der Waals surface area (Å²) in [6.45, 7) is 2.21. The van der Waals surface area contributed by atoms with Gasteiger partial charge in [-0.3, -0.25) is 0 Å². The fourth-order valence-electron chi connectivity index (χ4n) is 1.08. The van der Waals surface area contributed by atoms with Gasteiger partial charge in [-0.25, -0.2) is 4.99 Å². The zero-order chi connectivity index (χ0) is 8.10. The van der Waals surface area contributed by atoms with E-state index in [2.05, 4.69) is 11.9 Å². The van der Waals surface area contributed by atoms with Gasteiger partial charge in [-0.15, -0.1) is 0 Å². The predicted octanol–water partition coefficient (Wildman–Crippen LogP) is 2.90. The topological polar surface area (TPSA) is 12.4 Å². The summed E-state index contributed by atoms with van der Waals surface area (Å²) in [4.78, 5) is 4.93. The van der Waals surface area contributed by atoms with Crippen LogP contribution in [0.5, 0.6) is 0 Å². The number of thiocarbonyl (C=S) groups is 1. The third-order valence-electron chi connectivity index (χ3n) is 1.71. The molecule has 0 bridgehead atoms. The summed E-state index contributed by atoms with van der Waals surface area (Å²) in [5.74, 6) is 0. The number of rotatable bonds is 4. The van der Waals surface area contributed by atoms with E-state index in [4.69, 9.17) is 12.2 Å². The van der Waals surface area contributed by atoms with Crippen LogP contribution in [-0.4, -0.2) is 10.7 Å². The maximum Gasteiger partial charge on any atom is 0.126 e. The molecule has 0 fully saturated rings. The van der Waals surface area contributed by atoms with E-state index in [1.54, 1.807) is 0 Å². The SMILES string of the molecule is CCCCCC1=NC(=S)C=C1. The summed E-state index contributed by atoms with van der Waals surface area (Å²) in [6, 6.07) is 0. The van der Waals surface area contributed by atoms with Crippen molar-refractivity contribution in [1.29, 1.82) is 0 Å². The van der Waals surface area contributed by atoms with Gasteiger partial charge in [0.2, 0.25) is 0 Å². The van der Waals surface area contributed by atoms with Gasteiger partial charge in [0.25, 0.3) is 0 Å². The molecule has 0 aromatic heterocycles. The molecule has 60 valence electrons. The Morgan fingerprint density at radius 3 is 2.73 bits per heavy atom. The number of allylic oxidation sites excluding steroid dienone is 1. The molecule has 2 heteroatoms. The van der Waals surface area contributed by atoms with Crippen LogP contribution in [0.1, 0.15) is 32.6 Å². The quantitative estimate of drug-likeness (QED) is 0.463. The molecule has 0 saturated heterocycles. The van der Waals surface area contributed by atoms with Crippen molar-refractivity contribution in [2.45, 2.75) is 32.6 Å². The van der Waals surface area contributed by atoms with Crippen LogP contribution in [-0.2, 0) is 0 Å². The number of aliphatic imine (C=N–C) groups is 1. The normalized spacial score (nSPS) is 15.7. The zero-order valence-electron chi connectivity index (χ0n) is 6.84. The Morgan fingerprint density at radius 2 is 2.18 bits per heavy atom. The first-order chi connectivity index (χ1) is 5.33. The lowest BCUT2D eigenvalue weighted by molar-refractivity contribution is 0.743. The van der Waals surface area contributed by atoms with Gasteiger partial charge in [0.15, 0.2) is 0 Å². The van der Waals surface area contributed by atoms with Gasteiger partial charge in [0.1, 0.15) is 4.99 Å². The Labute approximate surface area is 73.2 Å². The molecule has 0 N–H and O–H groups in total. The van der Waals surface area contributed by atoms with E-state index in [0.717, 1.165) is 17.1 Å². The third kappa shape index (κ3) is 2.93. The van der Waals surface area contributed by atoms with Crippen LogP contribution in [0.2, 0.25) is 0 Å². The predicted molar refractivity (Wildman–Crippen MR) is 53.3 cm³/mol. The lowest BCUT2D eigenvalue weighted by atomic mass is 10.1. The van der Waals surface area contributed by atoms with Crippen LogP contribution in [0.4, 0.5) is 0 Å². The van der Waals surface area contributed by atoms with Crippen molar-refractivity contribution in [2.75, 3.05) is 0 Å². The monoisotopic (exact) mass is 167 g/mol. The van der Waals surface area contributed by atoms with Crippen molar-refractivity contribution in [3.63, 3.8) is 0 Å². The zero-order valence-corrected chi connectivity index (χ0v) is 7.66. The van der Waals surface area contributed by atoms with E-state index in [-0.39, 0.29) is 0 Å². The summed E-state index contributed by atoms with van der Waals surface area (Å²) in [7, 11) is 0. The molecule has 11 heavy (non-hydrogen) atoms. The maximum atomic E-state index is 4.90. The van der Waals surface area contributed by atoms with Crippen LogP contribution < -0.4 is 0 Å². The third-order valence-corrected chi connectivity index (χ3v) is 1.94. The summed E-state index contributed by atoms with van der Waals surface area (Å²) >= 11 is 4.90. The maximum absolute atomic E-state index is 4.90. The first-order valence-corrected chi connectivity index (χ1v) is 4.53. The lowest BCUT2D eigenvalue weighted by Gasteiger charge is -1.95. The van der Waals surface area contributed by atoms with E-state index < -0.39 is 0 Å². The van der Waals surface area contributed by atoms with Crippen LogP contribution in [0.25, 0.3) is 0 Å². The summed E-state index contributed by atoms with van der Waals surface area (Å²) in [6.07, 6.45) is 8.81. The highest BCUT2D eigenvalue weighted by molar-refractivity contribution is 7.80. The minimum atomic E-state index is 0.733. The lowest BCUT2D eigenvalue weighted by Crippen LogP contribution is -1.90. The Hall–Kier alpha value is -0.500. The molecular formula is C9H13NS. The Balaban J connectivity index is 2.23. The van der Waals surface area contributed by atoms with Gasteiger partial charge < -0.3 is 0 Å². The number of hydrogen-bond acceptors (Lipinski definition) is 1. The molecule has 1 heterocycles. The van der Waals surface area contributed by atoms with Crippen molar-refractivity contribution in [1.82, 2.24) is 0 Å². The Kier molecular flexibility index (Phi) is 3.43. The van der Waals surface area contributed by atoms with Gasteiger partial charge in [0.05, 0.1) is 0 Å². The van der Waals surface area contributed by atoms with Crippen molar-refractivity contribution in [2.24, 2.45) is 4.99 Å². The van der Waals surface area contributed by atoms with E-state index in [0.29, 0.717) is 0 Å². The van der Waals surface area contributed by atoms with Crippen molar-refractivity contribution >= 4 is 22.9 Å². The molecule has 1 nitrogen and oxygen atoms in total. The molecule has 0 unspecified atom stereocenters. The van der Waals surface area contributed by atoms with Gasteiger partial charge >= 0.3 is 0 Å². The molecule has 1 aliphatic rings. The average molecular weight is 167 g/mol. The second kappa shape index (κ2) is 4.39. The van der Waals surface area contributed by atoms with Gasteiger partial charge in [-0.05, 0) is 25.0 Å². The second-order valence-corrected chi connectivity index (χ2v) is 3.15. The minimum Gasteiger partial charge on any atom is -0.242 e. The summed E-state index contributed by atoms with van der Waals surface area (Å²) in [5, 5.41) is 0. The molecule has 0 aromatic carbocycles. The van der Waals surface area contributed by atoms with Crippen LogP contribution in [0.3, 0.4) is 0 Å². The molecule has 0 spiro atoms. The molecule has 0 saturated carbocycles. The standard InChI is InChI=1S/C9H13NS/c1-2-3-4-5-8-6-7-9(11)10-8/h6-7H,2-5H2,1H3. The van der Waals surface area contributed by atoms with Crippen LogP contribution >= 0.6 is 12.2 Å². The van der Waals surface area contributed by atoms with E-state index >= 15 is 0 Å². The van der Waals surface area contributed by atoms with Gasteiger partial charge in [0, 0.05) is 5.71 Å². The molecule has 0 radical (unpaired) electrons. The van der Waals surface area contributed by atoms with E-state index in [9.17, 15) is 0 Å². The van der Waals surface area contributed by atoms with Gasteiger partial charge in [-0.1, -0.05) is 32.0 Å². The molecule has 0 atom stereocenters. The second-order valence-electron chi connectivity index (χ2n) is 2.73. The Bertz CT molecular complexity index is 204. The number of nitrogens with zero attached hydrogens (tertiary/aromatic N) is 1. The van der Waals surface area contributed by atoms with Crippen molar-refractivity contribution in [3.8, 4) is 0 Å². The molecule has 1 aliphatic heterocycles. The largest absolute Gasteiger partial charge is 0.242 e. The number of hydrogen-bond donors (Lipinski definition) is 0. The first-order valence-electron chi connectivity index (χ1n) is 4.12. The van der Waals surface area contributed by atoms with E-state index in [1.165, 1.54) is 19.3 Å². The first kappa shape index (κ1) is 8.60. The molecule has 0 aliphatic carbocycles. The Morgan fingerprint density at radius 1 is 1.36 bits per heavy atom. The van der Waals surface area contributed by atoms with Crippen molar-refractivity contribution in [3.05, 3.63) is 12.2 Å². The fourth-order valence-corrected chi connectivity index (χ4v) is 1.26. The number of unbranched alkanes of at least 4 members (excludes halogenated alkanes) is 2. The van der Waals surface area contributed by atoms with Crippen LogP contribution in [0, 0.1) is 0 Å². The van der Waals surface area contributed by atoms with Crippen molar-refractivity contribution < 1.29 is 0 Å². The molecule has 0 aromatic rings. The smallest absolute Gasteiger partial charge is 0.126 e. The van der Waals surface area contributed by atoms with Crippen LogP contribution in [0.15, 0.2) is 17.1 Å². The molecular weight excluding hydrogens is 154 g/mol. The molecule has 0 amide bonds.